The van der Waals surface area contributed by atoms with Crippen LogP contribution in [0.1, 0.15) is 31.7 Å². The fraction of sp³-hybridized carbons (Fsp3) is 0.667. The first-order valence-electron chi connectivity index (χ1n) is 5.56. The molecule has 2 atom stereocenters. The highest BCUT2D eigenvalue weighted by Crippen LogP contribution is 2.20. The summed E-state index contributed by atoms with van der Waals surface area (Å²) in [5.41, 5.74) is 0.185. The van der Waals surface area contributed by atoms with Crippen molar-refractivity contribution in [1.29, 1.82) is 0 Å². The summed E-state index contributed by atoms with van der Waals surface area (Å²) in [7, 11) is 0. The molecule has 4 heteroatoms. The van der Waals surface area contributed by atoms with Gasteiger partial charge in [0.1, 0.15) is 0 Å². The fourth-order valence-electron chi connectivity index (χ4n) is 1.78. The Morgan fingerprint density at radius 3 is 2.81 bits per heavy atom. The lowest BCUT2D eigenvalue weighted by atomic mass is 9.92. The van der Waals surface area contributed by atoms with E-state index in [0.29, 0.717) is 6.42 Å². The topological polar surface area (TPSA) is 73.8 Å². The summed E-state index contributed by atoms with van der Waals surface area (Å²) in [6.45, 7) is 1.37. The molecule has 3 N–H and O–H groups in total. The van der Waals surface area contributed by atoms with Gasteiger partial charge in [-0.3, -0.25) is 0 Å². The summed E-state index contributed by atoms with van der Waals surface area (Å²) < 4.78 is 4.94. The maximum Gasteiger partial charge on any atom is 0.0934 e. The Bertz CT molecular complexity index is 279. The summed E-state index contributed by atoms with van der Waals surface area (Å²) in [6, 6.07) is 1.90. The molecule has 0 aromatic carbocycles. The normalized spacial score (nSPS) is 17.0. The van der Waals surface area contributed by atoms with Crippen LogP contribution in [0, 0.1) is 0 Å². The maximum absolute atomic E-state index is 9.95. The third-order valence-corrected chi connectivity index (χ3v) is 2.65. The first-order valence-corrected chi connectivity index (χ1v) is 5.56. The van der Waals surface area contributed by atoms with Gasteiger partial charge in [0.15, 0.2) is 0 Å². The van der Waals surface area contributed by atoms with E-state index in [9.17, 15) is 10.2 Å². The van der Waals surface area contributed by atoms with Crippen LogP contribution < -0.4 is 0 Å². The van der Waals surface area contributed by atoms with Crippen LogP contribution in [0.15, 0.2) is 23.0 Å². The Balaban J connectivity index is 2.25. The minimum atomic E-state index is -0.925. The Kier molecular flexibility index (Phi) is 4.99. The lowest BCUT2D eigenvalue weighted by Gasteiger charge is -2.25. The van der Waals surface area contributed by atoms with Gasteiger partial charge in [0.25, 0.3) is 0 Å². The second-order valence-corrected chi connectivity index (χ2v) is 4.52. The Hall–Kier alpha value is -0.840. The molecule has 0 amide bonds. The van der Waals surface area contributed by atoms with Crippen molar-refractivity contribution in [3.63, 3.8) is 0 Å². The summed E-state index contributed by atoms with van der Waals surface area (Å²) in [4.78, 5) is 0. The van der Waals surface area contributed by atoms with Crippen LogP contribution in [0.25, 0.3) is 0 Å². The molecule has 0 bridgehead atoms. The molecule has 1 rings (SSSR count). The molecule has 0 aliphatic rings. The molecular formula is C12H20O4. The van der Waals surface area contributed by atoms with E-state index in [1.165, 1.54) is 0 Å². The van der Waals surface area contributed by atoms with Crippen molar-refractivity contribution in [1.82, 2.24) is 0 Å². The number of aryl methyl sites for hydroxylation is 1. The second kappa shape index (κ2) is 6.03. The Morgan fingerprint density at radius 1 is 1.50 bits per heavy atom. The summed E-state index contributed by atoms with van der Waals surface area (Å²) >= 11 is 0. The number of hydrogen-bond donors (Lipinski definition) is 3. The van der Waals surface area contributed by atoms with E-state index in [4.69, 9.17) is 9.52 Å². The Labute approximate surface area is 95.5 Å². The molecule has 0 saturated heterocycles. The quantitative estimate of drug-likeness (QED) is 0.653. The zero-order valence-corrected chi connectivity index (χ0v) is 9.59. The van der Waals surface area contributed by atoms with E-state index < -0.39 is 11.7 Å². The molecule has 1 aromatic rings. The highest BCUT2D eigenvalue weighted by Gasteiger charge is 2.23. The monoisotopic (exact) mass is 228 g/mol. The van der Waals surface area contributed by atoms with E-state index >= 15 is 0 Å². The summed E-state index contributed by atoms with van der Waals surface area (Å²) in [5, 5.41) is 27.9. The number of rotatable bonds is 7. The molecular weight excluding hydrogens is 208 g/mol. The van der Waals surface area contributed by atoms with Crippen LogP contribution in [0.4, 0.5) is 0 Å². The minimum Gasteiger partial charge on any atom is -0.472 e. The van der Waals surface area contributed by atoms with Crippen LogP contribution in [0.5, 0.6) is 0 Å². The standard InChI is InChI=1S/C12H20O4/c1-12(15,7-11(14)8-13)5-2-3-10-4-6-16-9-10/h4,6,9,11,13-15H,2-3,5,7-8H2,1H3. The van der Waals surface area contributed by atoms with E-state index in [2.05, 4.69) is 0 Å². The van der Waals surface area contributed by atoms with Crippen molar-refractivity contribution in [2.75, 3.05) is 6.61 Å². The molecule has 4 nitrogen and oxygen atoms in total. The molecule has 0 spiro atoms. The zero-order valence-electron chi connectivity index (χ0n) is 9.59. The molecule has 2 unspecified atom stereocenters. The number of furan rings is 1. The van der Waals surface area contributed by atoms with Crippen molar-refractivity contribution in [3.8, 4) is 0 Å². The van der Waals surface area contributed by atoms with E-state index in [1.807, 2.05) is 6.07 Å². The predicted molar refractivity (Wildman–Crippen MR) is 60.0 cm³/mol. The van der Waals surface area contributed by atoms with Gasteiger partial charge in [-0.2, -0.15) is 0 Å². The molecule has 0 fully saturated rings. The van der Waals surface area contributed by atoms with E-state index in [1.54, 1.807) is 19.5 Å². The largest absolute Gasteiger partial charge is 0.472 e. The molecule has 1 heterocycles. The van der Waals surface area contributed by atoms with Crippen molar-refractivity contribution in [3.05, 3.63) is 24.2 Å². The molecule has 0 radical (unpaired) electrons. The van der Waals surface area contributed by atoms with Gasteiger partial charge in [0.05, 0.1) is 30.8 Å². The van der Waals surface area contributed by atoms with Crippen LogP contribution in [-0.4, -0.2) is 33.6 Å². The molecule has 0 aliphatic heterocycles. The van der Waals surface area contributed by atoms with Gasteiger partial charge < -0.3 is 19.7 Å². The molecule has 0 saturated carbocycles. The van der Waals surface area contributed by atoms with E-state index in [0.717, 1.165) is 18.4 Å². The minimum absolute atomic E-state index is 0.203. The molecule has 0 aliphatic carbocycles. The highest BCUT2D eigenvalue weighted by molar-refractivity contribution is 5.05. The summed E-state index contributed by atoms with van der Waals surface area (Å²) in [6.07, 6.45) is 4.95. The highest BCUT2D eigenvalue weighted by atomic mass is 16.3. The first-order chi connectivity index (χ1) is 7.53. The van der Waals surface area contributed by atoms with Gasteiger partial charge in [-0.05, 0) is 37.8 Å². The van der Waals surface area contributed by atoms with Gasteiger partial charge in [-0.15, -0.1) is 0 Å². The van der Waals surface area contributed by atoms with Gasteiger partial charge in [-0.25, -0.2) is 0 Å². The number of hydrogen-bond acceptors (Lipinski definition) is 4. The molecule has 16 heavy (non-hydrogen) atoms. The predicted octanol–water partition coefficient (Wildman–Crippen LogP) is 1.10. The van der Waals surface area contributed by atoms with Crippen LogP contribution in [0.2, 0.25) is 0 Å². The zero-order chi connectivity index (χ0) is 12.0. The van der Waals surface area contributed by atoms with Gasteiger partial charge in [0.2, 0.25) is 0 Å². The van der Waals surface area contributed by atoms with Crippen LogP contribution >= 0.6 is 0 Å². The average molecular weight is 228 g/mol. The number of aliphatic hydroxyl groups excluding tert-OH is 2. The van der Waals surface area contributed by atoms with Gasteiger partial charge in [0, 0.05) is 6.42 Å². The average Bonchev–Trinajstić information content (AvgIpc) is 2.69. The molecule has 92 valence electrons. The van der Waals surface area contributed by atoms with Crippen molar-refractivity contribution >= 4 is 0 Å². The van der Waals surface area contributed by atoms with Crippen LogP contribution in [-0.2, 0) is 6.42 Å². The smallest absolute Gasteiger partial charge is 0.0934 e. The first kappa shape index (κ1) is 13.2. The van der Waals surface area contributed by atoms with Crippen LogP contribution in [0.3, 0.4) is 0 Å². The fourth-order valence-corrected chi connectivity index (χ4v) is 1.78. The van der Waals surface area contributed by atoms with Crippen molar-refractivity contribution < 1.29 is 19.7 Å². The Morgan fingerprint density at radius 2 is 2.25 bits per heavy atom. The van der Waals surface area contributed by atoms with E-state index in [-0.39, 0.29) is 13.0 Å². The maximum atomic E-state index is 9.95. The number of aliphatic hydroxyl groups is 3. The molecule has 1 aromatic heterocycles. The third-order valence-electron chi connectivity index (χ3n) is 2.65. The summed E-state index contributed by atoms with van der Waals surface area (Å²) in [5.74, 6) is 0. The third kappa shape index (κ3) is 4.79. The lowest BCUT2D eigenvalue weighted by molar-refractivity contribution is -0.0203. The van der Waals surface area contributed by atoms with Crippen molar-refractivity contribution in [2.45, 2.75) is 44.3 Å². The van der Waals surface area contributed by atoms with Gasteiger partial charge in [-0.1, -0.05) is 0 Å². The second-order valence-electron chi connectivity index (χ2n) is 4.52. The SMILES string of the molecule is CC(O)(CCCc1ccoc1)CC(O)CO. The van der Waals surface area contributed by atoms with Gasteiger partial charge >= 0.3 is 0 Å². The lowest BCUT2D eigenvalue weighted by Crippen LogP contribution is -2.31. The van der Waals surface area contributed by atoms with Crippen molar-refractivity contribution in [2.24, 2.45) is 0 Å².